The van der Waals surface area contributed by atoms with E-state index in [0.717, 1.165) is 28.1 Å². The van der Waals surface area contributed by atoms with Crippen LogP contribution in [-0.2, 0) is 6.42 Å². The second-order valence-corrected chi connectivity index (χ2v) is 7.27. The van der Waals surface area contributed by atoms with Crippen LogP contribution in [0, 0.1) is 6.92 Å². The summed E-state index contributed by atoms with van der Waals surface area (Å²) in [4.78, 5) is 28.4. The molecule has 4 rings (SSSR count). The van der Waals surface area contributed by atoms with Crippen LogP contribution in [0.3, 0.4) is 0 Å². The molecule has 1 aromatic heterocycles. The van der Waals surface area contributed by atoms with Gasteiger partial charge in [0.2, 0.25) is 0 Å². The number of aryl methyl sites for hydroxylation is 1. The summed E-state index contributed by atoms with van der Waals surface area (Å²) in [5.41, 5.74) is 5.12. The molecule has 1 N–H and O–H groups in total. The highest BCUT2D eigenvalue weighted by Crippen LogP contribution is 2.34. The molecule has 0 spiro atoms. The molecule has 0 fully saturated rings. The van der Waals surface area contributed by atoms with Crippen molar-refractivity contribution in [2.45, 2.75) is 26.4 Å². The van der Waals surface area contributed by atoms with E-state index in [2.05, 4.69) is 16.4 Å². The summed E-state index contributed by atoms with van der Waals surface area (Å²) >= 11 is 0. The highest BCUT2D eigenvalue weighted by molar-refractivity contribution is 6.00. The minimum atomic E-state index is -0.159. The number of ketones is 1. The third-order valence-electron chi connectivity index (χ3n) is 5.08. The second kappa shape index (κ2) is 7.87. The van der Waals surface area contributed by atoms with Crippen LogP contribution in [0.5, 0.6) is 5.75 Å². The number of hydrogen-bond acceptors (Lipinski definition) is 4. The van der Waals surface area contributed by atoms with Gasteiger partial charge in [0.25, 0.3) is 5.91 Å². The summed E-state index contributed by atoms with van der Waals surface area (Å²) in [6.07, 6.45) is 2.16. The Morgan fingerprint density at radius 1 is 1.14 bits per heavy atom. The van der Waals surface area contributed by atoms with Gasteiger partial charge in [0, 0.05) is 23.9 Å². The van der Waals surface area contributed by atoms with Gasteiger partial charge in [0.15, 0.2) is 5.78 Å². The van der Waals surface area contributed by atoms with Crippen LogP contribution >= 0.6 is 0 Å². The van der Waals surface area contributed by atoms with Crippen LogP contribution in [0.15, 0.2) is 60.8 Å². The molecule has 1 aliphatic heterocycles. The molecule has 5 nitrogen and oxygen atoms in total. The quantitative estimate of drug-likeness (QED) is 0.673. The molecule has 2 aromatic carbocycles. The number of nitrogens with one attached hydrogen (secondary N) is 1. The van der Waals surface area contributed by atoms with Crippen LogP contribution in [0.4, 0.5) is 0 Å². The molecule has 1 amide bonds. The van der Waals surface area contributed by atoms with Crippen molar-refractivity contribution in [3.8, 4) is 16.9 Å². The van der Waals surface area contributed by atoms with Crippen molar-refractivity contribution in [1.82, 2.24) is 10.3 Å². The Morgan fingerprint density at radius 2 is 1.97 bits per heavy atom. The van der Waals surface area contributed by atoms with Crippen LogP contribution in [0.2, 0.25) is 0 Å². The number of pyridine rings is 1. The van der Waals surface area contributed by atoms with Gasteiger partial charge < -0.3 is 10.1 Å². The van der Waals surface area contributed by atoms with E-state index in [0.29, 0.717) is 24.1 Å². The summed E-state index contributed by atoms with van der Waals surface area (Å²) in [7, 11) is 0. The first kappa shape index (κ1) is 18.9. The number of ether oxygens (including phenoxy) is 1. The van der Waals surface area contributed by atoms with Crippen molar-refractivity contribution >= 4 is 11.7 Å². The van der Waals surface area contributed by atoms with E-state index in [1.165, 1.54) is 0 Å². The number of nitrogens with zero attached hydrogens (tertiary/aromatic N) is 1. The zero-order chi connectivity index (χ0) is 20.4. The van der Waals surface area contributed by atoms with Crippen molar-refractivity contribution < 1.29 is 14.3 Å². The van der Waals surface area contributed by atoms with E-state index < -0.39 is 0 Å². The van der Waals surface area contributed by atoms with E-state index in [-0.39, 0.29) is 17.8 Å². The molecular weight excluding hydrogens is 364 g/mol. The van der Waals surface area contributed by atoms with Gasteiger partial charge in [-0.2, -0.15) is 0 Å². The largest absolute Gasteiger partial charge is 0.488 e. The Bertz CT molecular complexity index is 1070. The third kappa shape index (κ3) is 4.04. The van der Waals surface area contributed by atoms with Gasteiger partial charge in [-0.3, -0.25) is 14.6 Å². The van der Waals surface area contributed by atoms with E-state index >= 15 is 0 Å². The number of carbonyl (C=O) groups is 2. The number of amides is 1. The van der Waals surface area contributed by atoms with Crippen molar-refractivity contribution in [3.63, 3.8) is 0 Å². The van der Waals surface area contributed by atoms with Crippen LogP contribution in [-0.4, -0.2) is 29.3 Å². The van der Waals surface area contributed by atoms with E-state index in [9.17, 15) is 9.59 Å². The highest BCUT2D eigenvalue weighted by atomic mass is 16.5. The summed E-state index contributed by atoms with van der Waals surface area (Å²) in [5.74, 6) is 0.710. The second-order valence-electron chi connectivity index (χ2n) is 7.27. The topological polar surface area (TPSA) is 68.3 Å². The van der Waals surface area contributed by atoms with Crippen molar-refractivity contribution in [1.29, 1.82) is 0 Å². The summed E-state index contributed by atoms with van der Waals surface area (Å²) in [6, 6.07) is 17.2. The number of carbonyl (C=O) groups excluding carboxylic acids is 2. The van der Waals surface area contributed by atoms with Gasteiger partial charge in [0.05, 0.1) is 12.1 Å². The fraction of sp³-hybridized carbons (Fsp3) is 0.208. The first-order valence-electron chi connectivity index (χ1n) is 9.62. The lowest BCUT2D eigenvalue weighted by atomic mass is 9.95. The SMILES string of the molecule is CC(=O)c1ccccc1-c1ccc2c(c1)C[C@H](CNC(=O)c1ccc(C)nc1)O2. The number of Topliss-reactive ketones (excluding diaryl/α,β-unsaturated/α-hetero) is 1. The third-order valence-corrected chi connectivity index (χ3v) is 5.08. The molecule has 0 unspecified atom stereocenters. The average Bonchev–Trinajstić information content (AvgIpc) is 3.14. The summed E-state index contributed by atoms with van der Waals surface area (Å²) < 4.78 is 5.98. The Hall–Kier alpha value is -3.47. The Balaban J connectivity index is 1.45. The molecule has 1 atom stereocenters. The van der Waals surface area contributed by atoms with Crippen molar-refractivity contribution in [3.05, 3.63) is 83.2 Å². The van der Waals surface area contributed by atoms with Gasteiger partial charge in [-0.1, -0.05) is 30.3 Å². The Morgan fingerprint density at radius 3 is 2.72 bits per heavy atom. The smallest absolute Gasteiger partial charge is 0.252 e. The number of fused-ring (bicyclic) bond motifs is 1. The van der Waals surface area contributed by atoms with Crippen molar-refractivity contribution in [2.24, 2.45) is 0 Å². The predicted octanol–water partition coefficient (Wildman–Crippen LogP) is 3.99. The minimum absolute atomic E-state index is 0.0449. The van der Waals surface area contributed by atoms with Gasteiger partial charge in [0.1, 0.15) is 11.9 Å². The fourth-order valence-electron chi connectivity index (χ4n) is 3.55. The average molecular weight is 386 g/mol. The van der Waals surface area contributed by atoms with Crippen molar-refractivity contribution in [2.75, 3.05) is 6.54 Å². The molecular formula is C24H22N2O3. The maximum Gasteiger partial charge on any atom is 0.252 e. The first-order chi connectivity index (χ1) is 14.0. The van der Waals surface area contributed by atoms with Gasteiger partial charge >= 0.3 is 0 Å². The Labute approximate surface area is 169 Å². The number of benzene rings is 2. The molecule has 0 saturated heterocycles. The zero-order valence-corrected chi connectivity index (χ0v) is 16.4. The molecule has 5 heteroatoms. The molecule has 0 saturated carbocycles. The lowest BCUT2D eigenvalue weighted by Gasteiger charge is -2.12. The fourth-order valence-corrected chi connectivity index (χ4v) is 3.55. The zero-order valence-electron chi connectivity index (χ0n) is 16.4. The van der Waals surface area contributed by atoms with Gasteiger partial charge in [-0.15, -0.1) is 0 Å². The summed E-state index contributed by atoms with van der Waals surface area (Å²) in [5, 5.41) is 2.92. The maximum atomic E-state index is 12.3. The number of aromatic nitrogens is 1. The van der Waals surface area contributed by atoms with Gasteiger partial charge in [-0.25, -0.2) is 0 Å². The highest BCUT2D eigenvalue weighted by Gasteiger charge is 2.24. The molecule has 0 aliphatic carbocycles. The van der Waals surface area contributed by atoms with E-state index in [1.807, 2.05) is 49.4 Å². The lowest BCUT2D eigenvalue weighted by Crippen LogP contribution is -2.34. The minimum Gasteiger partial charge on any atom is -0.488 e. The molecule has 0 bridgehead atoms. The van der Waals surface area contributed by atoms with E-state index in [4.69, 9.17) is 4.74 Å². The number of hydrogen-bond donors (Lipinski definition) is 1. The van der Waals surface area contributed by atoms with Crippen LogP contribution in [0.1, 0.15) is 38.9 Å². The van der Waals surface area contributed by atoms with E-state index in [1.54, 1.807) is 19.2 Å². The lowest BCUT2D eigenvalue weighted by molar-refractivity contribution is 0.0932. The molecule has 29 heavy (non-hydrogen) atoms. The molecule has 2 heterocycles. The van der Waals surface area contributed by atoms with Gasteiger partial charge in [-0.05, 0) is 54.8 Å². The molecule has 1 aliphatic rings. The molecule has 146 valence electrons. The predicted molar refractivity (Wildman–Crippen MR) is 111 cm³/mol. The molecule has 0 radical (unpaired) electrons. The first-order valence-corrected chi connectivity index (χ1v) is 9.62. The normalized spacial score (nSPS) is 14.8. The Kier molecular flexibility index (Phi) is 5.12. The van der Waals surface area contributed by atoms with Crippen LogP contribution < -0.4 is 10.1 Å². The van der Waals surface area contributed by atoms with Crippen LogP contribution in [0.25, 0.3) is 11.1 Å². The monoisotopic (exact) mass is 386 g/mol. The summed E-state index contributed by atoms with van der Waals surface area (Å²) in [6.45, 7) is 3.88. The maximum absolute atomic E-state index is 12.3. The standard InChI is InChI=1S/C24H22N2O3/c1-15-7-8-18(13-25-15)24(28)26-14-20-12-19-11-17(9-10-23(19)29-20)22-6-4-3-5-21(22)16(2)27/h3-11,13,20H,12,14H2,1-2H3,(H,26,28)/t20-/m1/s1. The molecule has 3 aromatic rings. The number of rotatable bonds is 5.